The van der Waals surface area contributed by atoms with Gasteiger partial charge in [0.25, 0.3) is 0 Å². The monoisotopic (exact) mass is 316 g/mol. The van der Waals surface area contributed by atoms with E-state index in [0.717, 1.165) is 6.42 Å². The van der Waals surface area contributed by atoms with E-state index in [0.29, 0.717) is 32.8 Å². The molecule has 2 N–H and O–H groups in total. The highest BCUT2D eigenvalue weighted by atomic mass is 16.6. The second-order valence-electron chi connectivity index (χ2n) is 7.36. The van der Waals surface area contributed by atoms with E-state index in [1.807, 2.05) is 27.7 Å². The molecule has 2 atom stereocenters. The number of carbonyl (C=O) groups is 1. The molecule has 1 aliphatic rings. The van der Waals surface area contributed by atoms with Crippen molar-refractivity contribution in [3.8, 4) is 0 Å². The highest BCUT2D eigenvalue weighted by molar-refractivity contribution is 5.68. The zero-order valence-electron chi connectivity index (χ0n) is 14.6. The second-order valence-corrected chi connectivity index (χ2v) is 7.36. The smallest absolute Gasteiger partial charge is 0.410 e. The SMILES string of the molecule is CCC(C)(CO)CNCC1COCCN1C(=O)OC(C)(C)C. The van der Waals surface area contributed by atoms with Gasteiger partial charge in [0.15, 0.2) is 0 Å². The average molecular weight is 316 g/mol. The minimum absolute atomic E-state index is 0.0385. The van der Waals surface area contributed by atoms with Crippen LogP contribution >= 0.6 is 0 Å². The number of nitrogens with zero attached hydrogens (tertiary/aromatic N) is 1. The van der Waals surface area contributed by atoms with Crippen molar-refractivity contribution < 1.29 is 19.4 Å². The molecule has 0 bridgehead atoms. The standard InChI is InChI=1S/C16H32N2O4/c1-6-16(5,12-19)11-17-9-13-10-21-8-7-18(13)14(20)22-15(2,3)4/h13,17,19H,6-12H2,1-5H3. The summed E-state index contributed by atoms with van der Waals surface area (Å²) in [5, 5.41) is 12.8. The van der Waals surface area contributed by atoms with Crippen molar-refractivity contribution in [2.45, 2.75) is 52.7 Å². The predicted octanol–water partition coefficient (Wildman–Crippen LogP) is 1.62. The fourth-order valence-corrected chi connectivity index (χ4v) is 2.22. The summed E-state index contributed by atoms with van der Waals surface area (Å²) < 4.78 is 10.9. The summed E-state index contributed by atoms with van der Waals surface area (Å²) in [6, 6.07) is -0.0385. The van der Waals surface area contributed by atoms with E-state index in [1.54, 1.807) is 4.90 Å². The summed E-state index contributed by atoms with van der Waals surface area (Å²) in [6.45, 7) is 12.8. The van der Waals surface area contributed by atoms with Crippen molar-refractivity contribution in [1.82, 2.24) is 10.2 Å². The van der Waals surface area contributed by atoms with Crippen LogP contribution in [0.4, 0.5) is 4.79 Å². The number of morpholine rings is 1. The molecule has 0 saturated carbocycles. The topological polar surface area (TPSA) is 71.0 Å². The molecule has 1 fully saturated rings. The summed E-state index contributed by atoms with van der Waals surface area (Å²) >= 11 is 0. The van der Waals surface area contributed by atoms with Gasteiger partial charge in [0.1, 0.15) is 5.60 Å². The maximum atomic E-state index is 12.3. The predicted molar refractivity (Wildman–Crippen MR) is 85.9 cm³/mol. The van der Waals surface area contributed by atoms with E-state index in [4.69, 9.17) is 9.47 Å². The van der Waals surface area contributed by atoms with Crippen LogP contribution in [0.2, 0.25) is 0 Å². The molecule has 0 aliphatic carbocycles. The van der Waals surface area contributed by atoms with E-state index in [9.17, 15) is 9.90 Å². The van der Waals surface area contributed by atoms with Gasteiger partial charge >= 0.3 is 6.09 Å². The second kappa shape index (κ2) is 8.13. The summed E-state index contributed by atoms with van der Waals surface area (Å²) in [4.78, 5) is 14.0. The normalized spacial score (nSPS) is 22.3. The van der Waals surface area contributed by atoms with Crippen LogP contribution in [0.15, 0.2) is 0 Å². The molecule has 130 valence electrons. The van der Waals surface area contributed by atoms with Gasteiger partial charge in [0.2, 0.25) is 0 Å². The number of aliphatic hydroxyl groups is 1. The number of nitrogens with one attached hydrogen (secondary N) is 1. The summed E-state index contributed by atoms with van der Waals surface area (Å²) in [5.41, 5.74) is -0.628. The Morgan fingerprint density at radius 2 is 2.09 bits per heavy atom. The third kappa shape index (κ3) is 6.10. The number of ether oxygens (including phenoxy) is 2. The molecule has 6 nitrogen and oxygen atoms in total. The first kappa shape index (κ1) is 19.2. The van der Waals surface area contributed by atoms with Crippen LogP contribution in [-0.4, -0.2) is 67.2 Å². The van der Waals surface area contributed by atoms with Gasteiger partial charge in [-0.2, -0.15) is 0 Å². The van der Waals surface area contributed by atoms with E-state index >= 15 is 0 Å². The van der Waals surface area contributed by atoms with E-state index in [2.05, 4.69) is 12.2 Å². The highest BCUT2D eigenvalue weighted by Gasteiger charge is 2.31. The minimum Gasteiger partial charge on any atom is -0.444 e. The summed E-state index contributed by atoms with van der Waals surface area (Å²) in [5.74, 6) is 0. The van der Waals surface area contributed by atoms with Crippen molar-refractivity contribution in [2.24, 2.45) is 5.41 Å². The van der Waals surface area contributed by atoms with Crippen LogP contribution in [0, 0.1) is 5.41 Å². The van der Waals surface area contributed by atoms with Crippen LogP contribution in [0.5, 0.6) is 0 Å². The Morgan fingerprint density at radius 3 is 2.64 bits per heavy atom. The van der Waals surface area contributed by atoms with Gasteiger partial charge in [0.05, 0.1) is 19.3 Å². The molecular formula is C16H32N2O4. The number of carbonyl (C=O) groups excluding carboxylic acids is 1. The van der Waals surface area contributed by atoms with E-state index in [-0.39, 0.29) is 24.2 Å². The first-order valence-corrected chi connectivity index (χ1v) is 8.10. The molecule has 0 spiro atoms. The Labute approximate surface area is 134 Å². The van der Waals surface area contributed by atoms with Gasteiger partial charge in [0, 0.05) is 31.7 Å². The largest absolute Gasteiger partial charge is 0.444 e. The molecule has 1 rings (SSSR count). The molecule has 22 heavy (non-hydrogen) atoms. The molecule has 0 aromatic rings. The van der Waals surface area contributed by atoms with Crippen molar-refractivity contribution in [3.05, 3.63) is 0 Å². The van der Waals surface area contributed by atoms with Crippen LogP contribution in [-0.2, 0) is 9.47 Å². The summed E-state index contributed by atoms with van der Waals surface area (Å²) in [6.07, 6.45) is 0.607. The fourth-order valence-electron chi connectivity index (χ4n) is 2.22. The quantitative estimate of drug-likeness (QED) is 0.779. The first-order valence-electron chi connectivity index (χ1n) is 8.10. The number of aliphatic hydroxyl groups excluding tert-OH is 1. The molecule has 1 aliphatic heterocycles. The minimum atomic E-state index is -0.495. The van der Waals surface area contributed by atoms with Crippen LogP contribution in [0.1, 0.15) is 41.0 Å². The van der Waals surface area contributed by atoms with Crippen molar-refractivity contribution >= 4 is 6.09 Å². The maximum absolute atomic E-state index is 12.3. The van der Waals surface area contributed by atoms with Gasteiger partial charge in [-0.05, 0) is 27.2 Å². The first-order chi connectivity index (χ1) is 10.2. The van der Waals surface area contributed by atoms with Gasteiger partial charge in [-0.3, -0.25) is 4.90 Å². The Morgan fingerprint density at radius 1 is 1.41 bits per heavy atom. The number of hydrogen-bond donors (Lipinski definition) is 2. The lowest BCUT2D eigenvalue weighted by molar-refractivity contribution is -0.0323. The molecule has 0 aromatic heterocycles. The number of amides is 1. The Bertz CT molecular complexity index is 351. The molecule has 6 heteroatoms. The third-order valence-electron chi connectivity index (χ3n) is 4.02. The van der Waals surface area contributed by atoms with Gasteiger partial charge in [-0.25, -0.2) is 4.79 Å². The Kier molecular flexibility index (Phi) is 7.09. The van der Waals surface area contributed by atoms with E-state index < -0.39 is 5.60 Å². The number of rotatable bonds is 6. The third-order valence-corrected chi connectivity index (χ3v) is 4.02. The molecule has 1 heterocycles. The van der Waals surface area contributed by atoms with Crippen molar-refractivity contribution in [3.63, 3.8) is 0 Å². The highest BCUT2D eigenvalue weighted by Crippen LogP contribution is 2.19. The Balaban J connectivity index is 2.53. The lowest BCUT2D eigenvalue weighted by Gasteiger charge is -2.37. The molecule has 0 aromatic carbocycles. The maximum Gasteiger partial charge on any atom is 0.410 e. The lowest BCUT2D eigenvalue weighted by atomic mass is 9.88. The van der Waals surface area contributed by atoms with Gasteiger partial charge in [-0.15, -0.1) is 0 Å². The van der Waals surface area contributed by atoms with E-state index in [1.165, 1.54) is 0 Å². The average Bonchev–Trinajstić information content (AvgIpc) is 2.45. The molecule has 2 unspecified atom stereocenters. The fraction of sp³-hybridized carbons (Fsp3) is 0.938. The zero-order valence-corrected chi connectivity index (χ0v) is 14.6. The lowest BCUT2D eigenvalue weighted by Crippen LogP contribution is -2.54. The van der Waals surface area contributed by atoms with Crippen LogP contribution in [0.3, 0.4) is 0 Å². The summed E-state index contributed by atoms with van der Waals surface area (Å²) in [7, 11) is 0. The molecule has 1 saturated heterocycles. The van der Waals surface area contributed by atoms with Crippen molar-refractivity contribution in [1.29, 1.82) is 0 Å². The number of hydrogen-bond acceptors (Lipinski definition) is 5. The molecule has 0 radical (unpaired) electrons. The zero-order chi connectivity index (χ0) is 16.8. The molecule has 1 amide bonds. The van der Waals surface area contributed by atoms with Crippen molar-refractivity contribution in [2.75, 3.05) is 39.5 Å². The Hall–Kier alpha value is -0.850. The van der Waals surface area contributed by atoms with Crippen LogP contribution < -0.4 is 5.32 Å². The molecular weight excluding hydrogens is 284 g/mol. The van der Waals surface area contributed by atoms with Gasteiger partial charge in [-0.1, -0.05) is 13.8 Å². The van der Waals surface area contributed by atoms with Crippen LogP contribution in [0.25, 0.3) is 0 Å². The van der Waals surface area contributed by atoms with Gasteiger partial charge < -0.3 is 19.9 Å².